The highest BCUT2D eigenvalue weighted by atomic mass is 19.4. The number of nitrogens with one attached hydrogen (secondary N) is 1. The predicted octanol–water partition coefficient (Wildman–Crippen LogP) is 3.10. The molecule has 2 aromatic heterocycles. The van der Waals surface area contributed by atoms with Crippen molar-refractivity contribution in [3.05, 3.63) is 48.4 Å². The minimum atomic E-state index is -4.90. The minimum Gasteiger partial charge on any atom is -0.406 e. The summed E-state index contributed by atoms with van der Waals surface area (Å²) in [5.41, 5.74) is 0.151. The maximum atomic E-state index is 12.9. The first-order valence-corrected chi connectivity index (χ1v) is 9.08. The normalized spacial score (nSPS) is 13.0. The molecule has 176 valence electrons. The Hall–Kier alpha value is -3.68. The van der Waals surface area contributed by atoms with Crippen LogP contribution in [0.1, 0.15) is 10.5 Å². The van der Waals surface area contributed by atoms with Crippen LogP contribution in [0.5, 0.6) is 5.75 Å². The number of nitrogens with zero attached hydrogens (tertiary/aromatic N) is 4. The molecule has 3 aromatic rings. The highest BCUT2D eigenvalue weighted by Crippen LogP contribution is 2.27. The molecule has 0 fully saturated rings. The molecule has 1 aromatic carbocycles. The van der Waals surface area contributed by atoms with Crippen molar-refractivity contribution >= 4 is 5.91 Å². The van der Waals surface area contributed by atoms with E-state index in [2.05, 4.69) is 19.8 Å². The number of carbonyl (C=O) groups excluding carboxylic acids is 1. The van der Waals surface area contributed by atoms with Gasteiger partial charge in [0.05, 0.1) is 24.1 Å². The number of ether oxygens (including phenoxy) is 1. The van der Waals surface area contributed by atoms with Gasteiger partial charge in [0.2, 0.25) is 0 Å². The van der Waals surface area contributed by atoms with Gasteiger partial charge in [-0.1, -0.05) is 0 Å². The highest BCUT2D eigenvalue weighted by molar-refractivity contribution is 5.94. The van der Waals surface area contributed by atoms with Gasteiger partial charge in [-0.25, -0.2) is 9.97 Å². The van der Waals surface area contributed by atoms with E-state index in [0.29, 0.717) is 5.56 Å². The Morgan fingerprint density at radius 2 is 1.79 bits per heavy atom. The molecule has 0 aliphatic carbocycles. The number of aryl methyl sites for hydroxylation is 1. The summed E-state index contributed by atoms with van der Waals surface area (Å²) in [6, 6.07) is 3.03. The van der Waals surface area contributed by atoms with Gasteiger partial charge in [-0.05, 0) is 30.3 Å². The number of carbonyl (C=O) groups is 1. The monoisotopic (exact) mass is 475 g/mol. The molecule has 0 aliphatic heterocycles. The second-order valence-electron chi connectivity index (χ2n) is 6.69. The molecule has 0 spiro atoms. The summed E-state index contributed by atoms with van der Waals surface area (Å²) in [5, 5.41) is 14.6. The number of benzene rings is 1. The number of rotatable bonds is 6. The molecule has 1 atom stereocenters. The Morgan fingerprint density at radius 1 is 1.12 bits per heavy atom. The van der Waals surface area contributed by atoms with Crippen molar-refractivity contribution in [1.29, 1.82) is 0 Å². The third-order valence-corrected chi connectivity index (χ3v) is 4.19. The van der Waals surface area contributed by atoms with Crippen molar-refractivity contribution in [1.82, 2.24) is 25.1 Å². The molecule has 0 aliphatic rings. The van der Waals surface area contributed by atoms with Gasteiger partial charge in [-0.3, -0.25) is 9.48 Å². The lowest BCUT2D eigenvalue weighted by atomic mass is 10.1. The summed E-state index contributed by atoms with van der Waals surface area (Å²) >= 11 is 0. The Bertz CT molecular complexity index is 1130. The highest BCUT2D eigenvalue weighted by Gasteiger charge is 2.40. The van der Waals surface area contributed by atoms with Crippen molar-refractivity contribution in [3.8, 4) is 28.4 Å². The maximum absolute atomic E-state index is 12.9. The van der Waals surface area contributed by atoms with E-state index in [1.165, 1.54) is 29.2 Å². The van der Waals surface area contributed by atoms with E-state index in [9.17, 15) is 31.1 Å². The van der Waals surface area contributed by atoms with Crippen molar-refractivity contribution < 1.29 is 41.0 Å². The Kier molecular flexibility index (Phi) is 6.58. The summed E-state index contributed by atoms with van der Waals surface area (Å²) in [5.74, 6) is -1.80. The average molecular weight is 475 g/mol. The topological polar surface area (TPSA) is 102 Å². The largest absolute Gasteiger partial charge is 0.573 e. The zero-order chi connectivity index (χ0) is 24.4. The number of hydrogen-bond acceptors (Lipinski definition) is 6. The third-order valence-electron chi connectivity index (χ3n) is 4.19. The van der Waals surface area contributed by atoms with E-state index in [-0.39, 0.29) is 17.1 Å². The van der Waals surface area contributed by atoms with Crippen LogP contribution in [0.4, 0.5) is 26.3 Å². The van der Waals surface area contributed by atoms with Crippen LogP contribution in [0.15, 0.2) is 42.7 Å². The lowest BCUT2D eigenvalue weighted by Gasteiger charge is -2.19. The lowest BCUT2D eigenvalue weighted by Crippen LogP contribution is -2.48. The number of amides is 1. The number of hydrogen-bond donors (Lipinski definition) is 2. The molecule has 3 rings (SSSR count). The zero-order valence-corrected chi connectivity index (χ0v) is 16.6. The Morgan fingerprint density at radius 3 is 2.30 bits per heavy atom. The number of aromatic nitrogens is 4. The molecule has 1 amide bonds. The summed E-state index contributed by atoms with van der Waals surface area (Å²) in [4.78, 5) is 20.7. The molecular formula is C19H15F6N5O3. The van der Waals surface area contributed by atoms with Crippen molar-refractivity contribution in [2.45, 2.75) is 18.6 Å². The first-order chi connectivity index (χ1) is 15.4. The number of alkyl halides is 6. The van der Waals surface area contributed by atoms with Crippen LogP contribution in [0.25, 0.3) is 22.6 Å². The van der Waals surface area contributed by atoms with Crippen LogP contribution in [0, 0.1) is 0 Å². The van der Waals surface area contributed by atoms with Crippen molar-refractivity contribution in [3.63, 3.8) is 0 Å². The summed E-state index contributed by atoms with van der Waals surface area (Å²) in [6.45, 7) is -1.39. The second kappa shape index (κ2) is 9.05. The fraction of sp³-hybridized carbons (Fsp3) is 0.263. The quantitative estimate of drug-likeness (QED) is 0.532. The van der Waals surface area contributed by atoms with Gasteiger partial charge in [0.25, 0.3) is 5.91 Å². The molecule has 0 saturated heterocycles. The molecular weight excluding hydrogens is 460 g/mol. The van der Waals surface area contributed by atoms with Crippen molar-refractivity contribution in [2.75, 3.05) is 6.61 Å². The number of aliphatic hydroxyl groups excluding tert-OH is 1. The van der Waals surface area contributed by atoms with Gasteiger partial charge < -0.3 is 15.2 Å². The maximum Gasteiger partial charge on any atom is 0.573 e. The molecule has 0 radical (unpaired) electrons. The summed E-state index contributed by atoms with van der Waals surface area (Å²) in [7, 11) is 1.59. The van der Waals surface area contributed by atoms with Gasteiger partial charge >= 0.3 is 12.5 Å². The Balaban J connectivity index is 2.01. The SMILES string of the molecule is Cn1cc(-c2nc(C(=O)NC(CO)C(F)(F)F)cc(-c3ccc(OC(F)(F)F)cc3)n2)cn1. The lowest BCUT2D eigenvalue weighted by molar-refractivity contribution is -0.274. The first kappa shape index (κ1) is 24.0. The summed E-state index contributed by atoms with van der Waals surface area (Å²) < 4.78 is 81.1. The van der Waals surface area contributed by atoms with E-state index in [0.717, 1.165) is 18.2 Å². The van der Waals surface area contributed by atoms with Gasteiger partial charge in [0.1, 0.15) is 17.5 Å². The van der Waals surface area contributed by atoms with E-state index in [1.807, 2.05) is 0 Å². The molecule has 14 heteroatoms. The fourth-order valence-electron chi connectivity index (χ4n) is 2.67. The van der Waals surface area contributed by atoms with Crippen LogP contribution in [-0.2, 0) is 7.05 Å². The molecule has 33 heavy (non-hydrogen) atoms. The Labute approximate surface area is 181 Å². The minimum absolute atomic E-state index is 0.0418. The smallest absolute Gasteiger partial charge is 0.406 e. The molecule has 0 bridgehead atoms. The van der Waals surface area contributed by atoms with Gasteiger partial charge in [-0.2, -0.15) is 18.3 Å². The van der Waals surface area contributed by atoms with Gasteiger partial charge in [0.15, 0.2) is 5.82 Å². The van der Waals surface area contributed by atoms with Crippen LogP contribution in [0.2, 0.25) is 0 Å². The van der Waals surface area contributed by atoms with Gasteiger partial charge in [-0.15, -0.1) is 13.2 Å². The van der Waals surface area contributed by atoms with E-state index >= 15 is 0 Å². The fourth-order valence-corrected chi connectivity index (χ4v) is 2.67. The number of aliphatic hydroxyl groups is 1. The second-order valence-corrected chi connectivity index (χ2v) is 6.69. The standard InChI is InChI=1S/C19H15F6N5O3/c1-30-8-11(7-26-30)16-27-13(10-2-4-12(5-3-10)33-19(23,24)25)6-14(28-16)17(32)29-15(9-31)18(20,21)22/h2-8,15,31H,9H2,1H3,(H,29,32). The first-order valence-electron chi connectivity index (χ1n) is 9.08. The molecule has 1 unspecified atom stereocenters. The van der Waals surface area contributed by atoms with Crippen LogP contribution in [0.3, 0.4) is 0 Å². The molecule has 8 nitrogen and oxygen atoms in total. The van der Waals surface area contributed by atoms with Crippen LogP contribution < -0.4 is 10.1 Å². The summed E-state index contributed by atoms with van der Waals surface area (Å²) in [6.07, 6.45) is -6.95. The van der Waals surface area contributed by atoms with Gasteiger partial charge in [0, 0.05) is 18.8 Å². The van der Waals surface area contributed by atoms with E-state index in [1.54, 1.807) is 12.4 Å². The van der Waals surface area contributed by atoms with E-state index in [4.69, 9.17) is 5.11 Å². The van der Waals surface area contributed by atoms with Crippen molar-refractivity contribution in [2.24, 2.45) is 7.05 Å². The van der Waals surface area contributed by atoms with E-state index < -0.39 is 42.5 Å². The molecule has 2 N–H and O–H groups in total. The molecule has 0 saturated carbocycles. The third kappa shape index (κ3) is 6.19. The number of halogens is 6. The van der Waals surface area contributed by atoms with Crippen LogP contribution >= 0.6 is 0 Å². The zero-order valence-electron chi connectivity index (χ0n) is 16.6. The van der Waals surface area contributed by atoms with Crippen LogP contribution in [-0.4, -0.2) is 55.9 Å². The molecule has 2 heterocycles. The average Bonchev–Trinajstić information content (AvgIpc) is 3.16. The predicted molar refractivity (Wildman–Crippen MR) is 101 cm³/mol.